The normalized spacial score (nSPS) is 10.2. The van der Waals surface area contributed by atoms with E-state index in [4.69, 9.17) is 11.6 Å². The summed E-state index contributed by atoms with van der Waals surface area (Å²) in [6, 6.07) is 4.86. The van der Waals surface area contributed by atoms with Gasteiger partial charge in [-0.15, -0.1) is 11.6 Å². The third-order valence-electron chi connectivity index (χ3n) is 1.59. The highest BCUT2D eigenvalue weighted by atomic mass is 127. The molecule has 0 unspecified atom stereocenters. The molecule has 0 fully saturated rings. The number of halogens is 3. The molecule has 66 valence electrons. The summed E-state index contributed by atoms with van der Waals surface area (Å²) in [4.78, 5) is 0. The summed E-state index contributed by atoms with van der Waals surface area (Å²) in [5.41, 5.74) is 1.18. The Hall–Kier alpha value is 0.170. The van der Waals surface area contributed by atoms with Crippen LogP contribution in [0.1, 0.15) is 12.0 Å². The van der Waals surface area contributed by atoms with Gasteiger partial charge in [0, 0.05) is 9.45 Å². The van der Waals surface area contributed by atoms with Crippen LogP contribution < -0.4 is 0 Å². The second-order valence-electron chi connectivity index (χ2n) is 2.53. The van der Waals surface area contributed by atoms with Crippen molar-refractivity contribution in [3.05, 3.63) is 33.1 Å². The lowest BCUT2D eigenvalue weighted by atomic mass is 10.1. The van der Waals surface area contributed by atoms with Gasteiger partial charge in [-0.3, -0.25) is 0 Å². The fourth-order valence-corrected chi connectivity index (χ4v) is 1.86. The molecule has 0 aromatic heterocycles. The standard InChI is InChI=1S/C9H9ClFI/c10-5-1-2-7-3-4-8(11)6-9(7)12/h3-4,6H,1-2,5H2. The van der Waals surface area contributed by atoms with Gasteiger partial charge < -0.3 is 0 Å². The van der Waals surface area contributed by atoms with Crippen molar-refractivity contribution >= 4 is 34.2 Å². The summed E-state index contributed by atoms with van der Waals surface area (Å²) in [7, 11) is 0. The van der Waals surface area contributed by atoms with Crippen molar-refractivity contribution < 1.29 is 4.39 Å². The quantitative estimate of drug-likeness (QED) is 0.591. The van der Waals surface area contributed by atoms with Crippen molar-refractivity contribution in [2.24, 2.45) is 0 Å². The minimum absolute atomic E-state index is 0.172. The molecule has 0 spiro atoms. The molecule has 0 amide bonds. The number of aryl methyl sites for hydroxylation is 1. The first kappa shape index (κ1) is 10.3. The average molecular weight is 299 g/mol. The van der Waals surface area contributed by atoms with E-state index < -0.39 is 0 Å². The number of hydrogen-bond acceptors (Lipinski definition) is 0. The zero-order valence-electron chi connectivity index (χ0n) is 6.49. The van der Waals surface area contributed by atoms with Crippen LogP contribution in [-0.4, -0.2) is 5.88 Å². The molecular formula is C9H9ClFI. The van der Waals surface area contributed by atoms with Gasteiger partial charge in [-0.2, -0.15) is 0 Å². The maximum absolute atomic E-state index is 12.6. The van der Waals surface area contributed by atoms with Crippen molar-refractivity contribution in [2.45, 2.75) is 12.8 Å². The zero-order chi connectivity index (χ0) is 8.97. The molecule has 1 aromatic rings. The summed E-state index contributed by atoms with van der Waals surface area (Å²) in [5, 5.41) is 0. The molecule has 0 atom stereocenters. The SMILES string of the molecule is Fc1ccc(CCCCl)c(I)c1. The van der Waals surface area contributed by atoms with Gasteiger partial charge in [-0.25, -0.2) is 4.39 Å². The smallest absolute Gasteiger partial charge is 0.124 e. The molecule has 1 rings (SSSR count). The van der Waals surface area contributed by atoms with Gasteiger partial charge in [0.05, 0.1) is 0 Å². The van der Waals surface area contributed by atoms with Gasteiger partial charge in [0.25, 0.3) is 0 Å². The molecular weight excluding hydrogens is 289 g/mol. The van der Waals surface area contributed by atoms with Gasteiger partial charge in [-0.05, 0) is 53.1 Å². The molecule has 0 N–H and O–H groups in total. The van der Waals surface area contributed by atoms with Crippen LogP contribution in [-0.2, 0) is 6.42 Å². The topological polar surface area (TPSA) is 0 Å². The molecule has 0 radical (unpaired) electrons. The summed E-state index contributed by atoms with van der Waals surface area (Å²) >= 11 is 7.70. The molecule has 0 aliphatic rings. The maximum Gasteiger partial charge on any atom is 0.124 e. The van der Waals surface area contributed by atoms with Crippen molar-refractivity contribution in [3.63, 3.8) is 0 Å². The van der Waals surface area contributed by atoms with Crippen molar-refractivity contribution in [1.82, 2.24) is 0 Å². The number of hydrogen-bond donors (Lipinski definition) is 0. The minimum Gasteiger partial charge on any atom is -0.207 e. The van der Waals surface area contributed by atoms with Crippen LogP contribution in [0.15, 0.2) is 18.2 Å². The van der Waals surface area contributed by atoms with E-state index in [1.807, 2.05) is 6.07 Å². The minimum atomic E-state index is -0.172. The molecule has 0 saturated heterocycles. The van der Waals surface area contributed by atoms with E-state index in [0.29, 0.717) is 5.88 Å². The molecule has 12 heavy (non-hydrogen) atoms. The Bertz CT molecular complexity index is 263. The Labute approximate surface area is 90.3 Å². The molecule has 0 aliphatic carbocycles. The van der Waals surface area contributed by atoms with Gasteiger partial charge in [0.15, 0.2) is 0 Å². The Balaban J connectivity index is 2.72. The Morgan fingerprint density at radius 3 is 2.75 bits per heavy atom. The Morgan fingerprint density at radius 2 is 2.17 bits per heavy atom. The van der Waals surface area contributed by atoms with E-state index in [1.54, 1.807) is 6.07 Å². The number of benzene rings is 1. The predicted octanol–water partition coefficient (Wildman–Crippen LogP) is 3.60. The van der Waals surface area contributed by atoms with Crippen LogP contribution in [0.3, 0.4) is 0 Å². The third-order valence-corrected chi connectivity index (χ3v) is 2.87. The largest absolute Gasteiger partial charge is 0.207 e. The molecule has 0 nitrogen and oxygen atoms in total. The molecule has 0 heterocycles. The first-order valence-corrected chi connectivity index (χ1v) is 5.35. The van der Waals surface area contributed by atoms with Crippen molar-refractivity contribution in [2.75, 3.05) is 5.88 Å². The molecule has 0 bridgehead atoms. The zero-order valence-corrected chi connectivity index (χ0v) is 9.40. The van der Waals surface area contributed by atoms with Crippen LogP contribution in [0.4, 0.5) is 4.39 Å². The van der Waals surface area contributed by atoms with Crippen molar-refractivity contribution in [3.8, 4) is 0 Å². The number of alkyl halides is 1. The molecule has 0 saturated carbocycles. The van der Waals surface area contributed by atoms with E-state index in [0.717, 1.165) is 16.4 Å². The van der Waals surface area contributed by atoms with Crippen LogP contribution in [0.25, 0.3) is 0 Å². The van der Waals surface area contributed by atoms with E-state index >= 15 is 0 Å². The van der Waals surface area contributed by atoms with Crippen LogP contribution in [0.5, 0.6) is 0 Å². The third kappa shape index (κ3) is 2.90. The highest BCUT2D eigenvalue weighted by molar-refractivity contribution is 14.1. The highest BCUT2D eigenvalue weighted by Gasteiger charge is 2.00. The summed E-state index contributed by atoms with van der Waals surface area (Å²) in [6.07, 6.45) is 1.88. The molecule has 3 heteroatoms. The maximum atomic E-state index is 12.6. The van der Waals surface area contributed by atoms with Gasteiger partial charge >= 0.3 is 0 Å². The second kappa shape index (κ2) is 5.02. The fourth-order valence-electron chi connectivity index (χ4n) is 0.982. The molecule has 1 aromatic carbocycles. The first-order valence-electron chi connectivity index (χ1n) is 3.74. The second-order valence-corrected chi connectivity index (χ2v) is 4.07. The highest BCUT2D eigenvalue weighted by Crippen LogP contribution is 2.15. The van der Waals surface area contributed by atoms with E-state index in [2.05, 4.69) is 22.6 Å². The van der Waals surface area contributed by atoms with Gasteiger partial charge in [-0.1, -0.05) is 6.07 Å². The predicted molar refractivity (Wildman–Crippen MR) is 58.2 cm³/mol. The lowest BCUT2D eigenvalue weighted by molar-refractivity contribution is 0.625. The lowest BCUT2D eigenvalue weighted by Crippen LogP contribution is -1.91. The first-order chi connectivity index (χ1) is 5.74. The van der Waals surface area contributed by atoms with Crippen molar-refractivity contribution in [1.29, 1.82) is 0 Å². The van der Waals surface area contributed by atoms with E-state index in [9.17, 15) is 4.39 Å². The Kier molecular flexibility index (Phi) is 4.29. The molecule has 0 aliphatic heterocycles. The fraction of sp³-hybridized carbons (Fsp3) is 0.333. The van der Waals surface area contributed by atoms with E-state index in [-0.39, 0.29) is 5.82 Å². The lowest BCUT2D eigenvalue weighted by Gasteiger charge is -2.02. The van der Waals surface area contributed by atoms with Crippen LogP contribution in [0.2, 0.25) is 0 Å². The van der Waals surface area contributed by atoms with E-state index in [1.165, 1.54) is 11.6 Å². The summed E-state index contributed by atoms with van der Waals surface area (Å²) in [6.45, 7) is 0. The monoisotopic (exact) mass is 298 g/mol. The average Bonchev–Trinajstić information content (AvgIpc) is 2.03. The summed E-state index contributed by atoms with van der Waals surface area (Å²) in [5.74, 6) is 0.488. The Morgan fingerprint density at radius 1 is 1.42 bits per heavy atom. The number of rotatable bonds is 3. The van der Waals surface area contributed by atoms with Gasteiger partial charge in [0.2, 0.25) is 0 Å². The summed E-state index contributed by atoms with van der Waals surface area (Å²) < 4.78 is 13.6. The van der Waals surface area contributed by atoms with Crippen LogP contribution >= 0.6 is 34.2 Å². The van der Waals surface area contributed by atoms with Crippen LogP contribution in [0, 0.1) is 9.39 Å². The van der Waals surface area contributed by atoms with Gasteiger partial charge in [0.1, 0.15) is 5.82 Å².